The topological polar surface area (TPSA) is 52.6 Å². The number of hydrogen-bond donors (Lipinski definition) is 0. The first kappa shape index (κ1) is 24.9. The van der Waals surface area contributed by atoms with Crippen LogP contribution in [0.15, 0.2) is 0 Å². The third kappa shape index (κ3) is 19.3. The third-order valence-corrected chi connectivity index (χ3v) is 4.53. The Balaban J connectivity index is 3.27. The standard InChI is InChI=1S/C22H42O4/c1-3-5-7-9-10-11-15-19-25-22(24)18-14-12-16-20-26-21(23)17-13-8-6-4-2/h3-20H2,1-2H3. The first-order chi connectivity index (χ1) is 12.7. The molecule has 0 atom stereocenters. The smallest absolute Gasteiger partial charge is 0.305 e. The van der Waals surface area contributed by atoms with Crippen LogP contribution >= 0.6 is 0 Å². The van der Waals surface area contributed by atoms with Gasteiger partial charge in [-0.1, -0.05) is 71.6 Å². The fourth-order valence-corrected chi connectivity index (χ4v) is 2.82. The van der Waals surface area contributed by atoms with Crippen LogP contribution in [0.4, 0.5) is 0 Å². The lowest BCUT2D eigenvalue weighted by Crippen LogP contribution is -2.07. The Kier molecular flexibility index (Phi) is 19.4. The maximum atomic E-state index is 11.6. The Labute approximate surface area is 161 Å². The molecule has 0 aromatic carbocycles. The number of rotatable bonds is 19. The summed E-state index contributed by atoms with van der Waals surface area (Å²) < 4.78 is 10.5. The van der Waals surface area contributed by atoms with Gasteiger partial charge in [0.05, 0.1) is 13.2 Å². The van der Waals surface area contributed by atoms with Crippen molar-refractivity contribution in [2.24, 2.45) is 0 Å². The van der Waals surface area contributed by atoms with Crippen LogP contribution in [0.3, 0.4) is 0 Å². The molecule has 0 aliphatic heterocycles. The highest BCUT2D eigenvalue weighted by molar-refractivity contribution is 5.69. The lowest BCUT2D eigenvalue weighted by molar-refractivity contribution is -0.145. The number of unbranched alkanes of at least 4 members (excludes halogenated alkanes) is 11. The minimum Gasteiger partial charge on any atom is -0.466 e. The molecule has 0 aromatic rings. The van der Waals surface area contributed by atoms with Crippen molar-refractivity contribution in [3.05, 3.63) is 0 Å². The van der Waals surface area contributed by atoms with Crippen molar-refractivity contribution in [2.75, 3.05) is 13.2 Å². The molecule has 154 valence electrons. The minimum absolute atomic E-state index is 0.0878. The van der Waals surface area contributed by atoms with Crippen molar-refractivity contribution in [1.29, 1.82) is 0 Å². The van der Waals surface area contributed by atoms with Gasteiger partial charge in [-0.3, -0.25) is 9.59 Å². The van der Waals surface area contributed by atoms with Gasteiger partial charge in [0.2, 0.25) is 0 Å². The zero-order valence-electron chi connectivity index (χ0n) is 17.4. The number of hydrogen-bond acceptors (Lipinski definition) is 4. The summed E-state index contributed by atoms with van der Waals surface area (Å²) in [5.74, 6) is -0.181. The van der Waals surface area contributed by atoms with E-state index in [0.29, 0.717) is 26.1 Å². The predicted octanol–water partition coefficient (Wildman–Crippen LogP) is 6.35. The van der Waals surface area contributed by atoms with Gasteiger partial charge in [-0.15, -0.1) is 0 Å². The van der Waals surface area contributed by atoms with Crippen LogP contribution in [0.25, 0.3) is 0 Å². The largest absolute Gasteiger partial charge is 0.466 e. The van der Waals surface area contributed by atoms with Gasteiger partial charge in [-0.2, -0.15) is 0 Å². The van der Waals surface area contributed by atoms with Gasteiger partial charge < -0.3 is 9.47 Å². The van der Waals surface area contributed by atoms with Crippen molar-refractivity contribution in [3.63, 3.8) is 0 Å². The van der Waals surface area contributed by atoms with Crippen LogP contribution in [-0.2, 0) is 19.1 Å². The monoisotopic (exact) mass is 370 g/mol. The Bertz CT molecular complexity index is 328. The molecule has 4 nitrogen and oxygen atoms in total. The van der Waals surface area contributed by atoms with Crippen LogP contribution in [0.2, 0.25) is 0 Å². The summed E-state index contributed by atoms with van der Waals surface area (Å²) in [6, 6.07) is 0. The van der Waals surface area contributed by atoms with Gasteiger partial charge in [0.15, 0.2) is 0 Å². The van der Waals surface area contributed by atoms with Crippen molar-refractivity contribution in [3.8, 4) is 0 Å². The average Bonchev–Trinajstić information content (AvgIpc) is 2.64. The van der Waals surface area contributed by atoms with Crippen LogP contribution in [0, 0.1) is 0 Å². The number of esters is 2. The SMILES string of the molecule is CCCCCCCCCOC(=O)CCCCCOC(=O)CCCCCC. The van der Waals surface area contributed by atoms with E-state index in [-0.39, 0.29) is 11.9 Å². The van der Waals surface area contributed by atoms with Gasteiger partial charge >= 0.3 is 11.9 Å². The first-order valence-electron chi connectivity index (χ1n) is 11.0. The summed E-state index contributed by atoms with van der Waals surface area (Å²) in [6.07, 6.45) is 16.5. The van der Waals surface area contributed by atoms with Crippen molar-refractivity contribution in [2.45, 2.75) is 117 Å². The molecule has 0 saturated carbocycles. The molecule has 0 aliphatic carbocycles. The molecular formula is C22H42O4. The van der Waals surface area contributed by atoms with Crippen LogP contribution in [-0.4, -0.2) is 25.2 Å². The van der Waals surface area contributed by atoms with Crippen molar-refractivity contribution < 1.29 is 19.1 Å². The highest BCUT2D eigenvalue weighted by Gasteiger charge is 2.04. The van der Waals surface area contributed by atoms with E-state index < -0.39 is 0 Å². The van der Waals surface area contributed by atoms with Crippen LogP contribution in [0.5, 0.6) is 0 Å². The lowest BCUT2D eigenvalue weighted by atomic mass is 10.1. The summed E-state index contributed by atoms with van der Waals surface area (Å²) in [7, 11) is 0. The zero-order valence-corrected chi connectivity index (χ0v) is 17.4. The summed E-state index contributed by atoms with van der Waals surface area (Å²) in [6.45, 7) is 5.41. The molecule has 0 rings (SSSR count). The molecule has 0 N–H and O–H groups in total. The quantitative estimate of drug-likeness (QED) is 0.196. The summed E-state index contributed by atoms with van der Waals surface area (Å²) >= 11 is 0. The molecule has 26 heavy (non-hydrogen) atoms. The summed E-state index contributed by atoms with van der Waals surface area (Å²) in [5, 5.41) is 0. The maximum absolute atomic E-state index is 11.6. The molecule has 0 spiro atoms. The van der Waals surface area contributed by atoms with E-state index in [1.807, 2.05) is 0 Å². The van der Waals surface area contributed by atoms with E-state index in [1.165, 1.54) is 44.9 Å². The van der Waals surface area contributed by atoms with Gasteiger partial charge in [0, 0.05) is 12.8 Å². The van der Waals surface area contributed by atoms with Gasteiger partial charge in [0.1, 0.15) is 0 Å². The number of carbonyl (C=O) groups is 2. The molecule has 0 amide bonds. The molecule has 0 saturated heterocycles. The van der Waals surface area contributed by atoms with Gasteiger partial charge in [-0.25, -0.2) is 0 Å². The van der Waals surface area contributed by atoms with Crippen molar-refractivity contribution in [1.82, 2.24) is 0 Å². The van der Waals surface area contributed by atoms with E-state index in [1.54, 1.807) is 0 Å². The molecule has 0 radical (unpaired) electrons. The summed E-state index contributed by atoms with van der Waals surface area (Å²) in [5.41, 5.74) is 0. The summed E-state index contributed by atoms with van der Waals surface area (Å²) in [4.78, 5) is 23.1. The molecule has 0 unspecified atom stereocenters. The zero-order chi connectivity index (χ0) is 19.3. The van der Waals surface area contributed by atoms with Gasteiger partial charge in [0.25, 0.3) is 0 Å². The average molecular weight is 371 g/mol. The van der Waals surface area contributed by atoms with Crippen LogP contribution < -0.4 is 0 Å². The van der Waals surface area contributed by atoms with Gasteiger partial charge in [-0.05, 0) is 32.1 Å². The number of ether oxygens (including phenoxy) is 2. The van der Waals surface area contributed by atoms with Crippen LogP contribution in [0.1, 0.15) is 117 Å². The highest BCUT2D eigenvalue weighted by atomic mass is 16.5. The Morgan fingerprint density at radius 2 is 0.846 bits per heavy atom. The molecular weight excluding hydrogens is 328 g/mol. The Morgan fingerprint density at radius 3 is 1.31 bits per heavy atom. The maximum Gasteiger partial charge on any atom is 0.305 e. The first-order valence-corrected chi connectivity index (χ1v) is 11.0. The van der Waals surface area contributed by atoms with E-state index >= 15 is 0 Å². The Hall–Kier alpha value is -1.06. The molecule has 0 aromatic heterocycles. The second-order valence-corrected chi connectivity index (χ2v) is 7.18. The third-order valence-electron chi connectivity index (χ3n) is 4.53. The normalized spacial score (nSPS) is 10.7. The molecule has 0 fully saturated rings. The molecule has 0 bridgehead atoms. The second-order valence-electron chi connectivity index (χ2n) is 7.18. The number of carbonyl (C=O) groups excluding carboxylic acids is 2. The van der Waals surface area contributed by atoms with Crippen molar-refractivity contribution >= 4 is 11.9 Å². The lowest BCUT2D eigenvalue weighted by Gasteiger charge is -2.06. The molecule has 0 aliphatic rings. The predicted molar refractivity (Wildman–Crippen MR) is 107 cm³/mol. The van der Waals surface area contributed by atoms with E-state index in [9.17, 15) is 9.59 Å². The minimum atomic E-state index is -0.0936. The second kappa shape index (κ2) is 20.3. The molecule has 0 heterocycles. The van der Waals surface area contributed by atoms with E-state index in [2.05, 4.69) is 13.8 Å². The molecule has 4 heteroatoms. The highest BCUT2D eigenvalue weighted by Crippen LogP contribution is 2.08. The van der Waals surface area contributed by atoms with E-state index in [4.69, 9.17) is 9.47 Å². The fourth-order valence-electron chi connectivity index (χ4n) is 2.82. The van der Waals surface area contributed by atoms with E-state index in [0.717, 1.165) is 44.9 Å². The fraction of sp³-hybridized carbons (Fsp3) is 0.909. The Morgan fingerprint density at radius 1 is 0.500 bits per heavy atom.